The zero-order valence-corrected chi connectivity index (χ0v) is 10.4. The first-order chi connectivity index (χ1) is 9.63. The Bertz CT molecular complexity index is 660. The molecule has 102 valence electrons. The molecule has 1 aliphatic carbocycles. The standard InChI is InChI=1S/C12H11N5O3/c18-12(11-14-10(15-16-11)7-1-2-7)13-8-3-5-9(6-4-8)17(19)20/h3-7H,1-2H2,(H,13,18)(H,14,15,16). The van der Waals surface area contributed by atoms with Gasteiger partial charge in [0.15, 0.2) is 0 Å². The average Bonchev–Trinajstić information content (AvgIpc) is 3.17. The molecule has 1 amide bonds. The van der Waals surface area contributed by atoms with Gasteiger partial charge in [-0.15, -0.1) is 5.10 Å². The van der Waals surface area contributed by atoms with E-state index in [2.05, 4.69) is 20.5 Å². The third-order valence-corrected chi connectivity index (χ3v) is 3.01. The Kier molecular flexibility index (Phi) is 2.90. The highest BCUT2D eigenvalue weighted by Crippen LogP contribution is 2.37. The van der Waals surface area contributed by atoms with Gasteiger partial charge >= 0.3 is 0 Å². The Morgan fingerprint density at radius 1 is 1.35 bits per heavy atom. The number of nitro groups is 1. The lowest BCUT2D eigenvalue weighted by atomic mass is 10.3. The normalized spacial score (nSPS) is 14.0. The molecule has 0 spiro atoms. The maximum Gasteiger partial charge on any atom is 0.295 e. The van der Waals surface area contributed by atoms with E-state index in [1.807, 2.05) is 0 Å². The lowest BCUT2D eigenvalue weighted by Crippen LogP contribution is -2.13. The van der Waals surface area contributed by atoms with Gasteiger partial charge in [-0.05, 0) is 25.0 Å². The summed E-state index contributed by atoms with van der Waals surface area (Å²) in [5.74, 6) is 0.759. The molecular weight excluding hydrogens is 262 g/mol. The van der Waals surface area contributed by atoms with E-state index in [0.29, 0.717) is 11.6 Å². The Hall–Kier alpha value is -2.77. The fraction of sp³-hybridized carbons (Fsp3) is 0.250. The second kappa shape index (κ2) is 4.72. The number of hydrogen-bond donors (Lipinski definition) is 2. The molecule has 3 rings (SSSR count). The molecule has 1 heterocycles. The van der Waals surface area contributed by atoms with E-state index in [0.717, 1.165) is 18.7 Å². The van der Waals surface area contributed by atoms with Crippen LogP contribution < -0.4 is 5.32 Å². The van der Waals surface area contributed by atoms with Crippen LogP contribution in [0, 0.1) is 10.1 Å². The molecule has 0 atom stereocenters. The number of anilines is 1. The molecular formula is C12H11N5O3. The molecule has 20 heavy (non-hydrogen) atoms. The molecule has 2 aromatic rings. The third kappa shape index (κ3) is 2.48. The summed E-state index contributed by atoms with van der Waals surface area (Å²) in [6.07, 6.45) is 2.14. The van der Waals surface area contributed by atoms with Crippen LogP contribution in [0.4, 0.5) is 11.4 Å². The number of rotatable bonds is 4. The van der Waals surface area contributed by atoms with Crippen LogP contribution in [-0.4, -0.2) is 26.0 Å². The van der Waals surface area contributed by atoms with Crippen LogP contribution in [0.5, 0.6) is 0 Å². The van der Waals surface area contributed by atoms with E-state index < -0.39 is 10.8 Å². The van der Waals surface area contributed by atoms with Crippen molar-refractivity contribution in [1.82, 2.24) is 15.2 Å². The van der Waals surface area contributed by atoms with Gasteiger partial charge in [-0.2, -0.15) is 0 Å². The van der Waals surface area contributed by atoms with Crippen LogP contribution in [0.15, 0.2) is 24.3 Å². The van der Waals surface area contributed by atoms with Crippen molar-refractivity contribution < 1.29 is 9.72 Å². The number of nitrogens with zero attached hydrogens (tertiary/aromatic N) is 3. The van der Waals surface area contributed by atoms with Crippen molar-refractivity contribution in [2.75, 3.05) is 5.32 Å². The lowest BCUT2D eigenvalue weighted by molar-refractivity contribution is -0.384. The zero-order valence-electron chi connectivity index (χ0n) is 10.4. The molecule has 0 radical (unpaired) electrons. The van der Waals surface area contributed by atoms with Gasteiger partial charge in [-0.25, -0.2) is 4.98 Å². The van der Waals surface area contributed by atoms with Gasteiger partial charge in [-0.3, -0.25) is 20.0 Å². The molecule has 0 unspecified atom stereocenters. The summed E-state index contributed by atoms with van der Waals surface area (Å²) in [6.45, 7) is 0. The minimum atomic E-state index is -0.497. The van der Waals surface area contributed by atoms with E-state index in [1.54, 1.807) is 0 Å². The highest BCUT2D eigenvalue weighted by atomic mass is 16.6. The van der Waals surface area contributed by atoms with Gasteiger partial charge < -0.3 is 5.32 Å². The van der Waals surface area contributed by atoms with Gasteiger partial charge in [0.05, 0.1) is 4.92 Å². The number of amides is 1. The van der Waals surface area contributed by atoms with Crippen molar-refractivity contribution in [3.05, 3.63) is 46.0 Å². The molecule has 8 nitrogen and oxygen atoms in total. The van der Waals surface area contributed by atoms with Gasteiger partial charge in [0.2, 0.25) is 5.82 Å². The summed E-state index contributed by atoms with van der Waals surface area (Å²) >= 11 is 0. The van der Waals surface area contributed by atoms with E-state index in [4.69, 9.17) is 0 Å². The second-order valence-corrected chi connectivity index (χ2v) is 4.58. The number of benzene rings is 1. The van der Waals surface area contributed by atoms with Gasteiger partial charge in [0, 0.05) is 23.7 Å². The Morgan fingerprint density at radius 3 is 2.65 bits per heavy atom. The number of aromatic nitrogens is 3. The predicted octanol–water partition coefficient (Wildman–Crippen LogP) is 1.84. The van der Waals surface area contributed by atoms with E-state index in [-0.39, 0.29) is 11.5 Å². The minimum absolute atomic E-state index is 0.0306. The van der Waals surface area contributed by atoms with E-state index >= 15 is 0 Å². The van der Waals surface area contributed by atoms with E-state index in [9.17, 15) is 14.9 Å². The molecule has 1 aromatic heterocycles. The van der Waals surface area contributed by atoms with Gasteiger partial charge in [0.1, 0.15) is 5.82 Å². The Labute approximate surface area is 113 Å². The van der Waals surface area contributed by atoms with E-state index in [1.165, 1.54) is 24.3 Å². The number of H-pyrrole nitrogens is 1. The van der Waals surface area contributed by atoms with Crippen LogP contribution in [0.25, 0.3) is 0 Å². The number of hydrogen-bond acceptors (Lipinski definition) is 5. The van der Waals surface area contributed by atoms with Crippen LogP contribution in [0.2, 0.25) is 0 Å². The Balaban J connectivity index is 1.69. The molecule has 0 saturated heterocycles. The number of carbonyl (C=O) groups excluding carboxylic acids is 1. The largest absolute Gasteiger partial charge is 0.319 e. The maximum absolute atomic E-state index is 11.9. The molecule has 0 bridgehead atoms. The molecule has 0 aliphatic heterocycles. The van der Waals surface area contributed by atoms with Crippen molar-refractivity contribution in [2.45, 2.75) is 18.8 Å². The van der Waals surface area contributed by atoms with Crippen molar-refractivity contribution in [3.8, 4) is 0 Å². The Morgan fingerprint density at radius 2 is 2.05 bits per heavy atom. The highest BCUT2D eigenvalue weighted by Gasteiger charge is 2.28. The fourth-order valence-corrected chi connectivity index (χ4v) is 1.77. The molecule has 2 N–H and O–H groups in total. The van der Waals surface area contributed by atoms with Crippen LogP contribution in [0.3, 0.4) is 0 Å². The molecule has 1 aliphatic rings. The number of carbonyl (C=O) groups is 1. The smallest absolute Gasteiger partial charge is 0.295 e. The maximum atomic E-state index is 11.9. The summed E-state index contributed by atoms with van der Waals surface area (Å²) in [6, 6.07) is 5.57. The first kappa shape index (κ1) is 12.3. The molecule has 8 heteroatoms. The van der Waals surface area contributed by atoms with Crippen molar-refractivity contribution >= 4 is 17.3 Å². The van der Waals surface area contributed by atoms with Crippen molar-refractivity contribution in [2.24, 2.45) is 0 Å². The number of aromatic amines is 1. The van der Waals surface area contributed by atoms with Gasteiger partial charge in [0.25, 0.3) is 11.6 Å². The van der Waals surface area contributed by atoms with Gasteiger partial charge in [-0.1, -0.05) is 0 Å². The summed E-state index contributed by atoms with van der Waals surface area (Å²) in [7, 11) is 0. The summed E-state index contributed by atoms with van der Waals surface area (Å²) in [4.78, 5) is 26.1. The van der Waals surface area contributed by atoms with Crippen LogP contribution in [-0.2, 0) is 0 Å². The average molecular weight is 273 g/mol. The minimum Gasteiger partial charge on any atom is -0.319 e. The fourth-order valence-electron chi connectivity index (χ4n) is 1.77. The molecule has 1 saturated carbocycles. The second-order valence-electron chi connectivity index (χ2n) is 4.58. The third-order valence-electron chi connectivity index (χ3n) is 3.01. The molecule has 1 aromatic carbocycles. The van der Waals surface area contributed by atoms with Crippen molar-refractivity contribution in [3.63, 3.8) is 0 Å². The van der Waals surface area contributed by atoms with Crippen LogP contribution >= 0.6 is 0 Å². The number of nitrogens with one attached hydrogen (secondary N) is 2. The van der Waals surface area contributed by atoms with Crippen LogP contribution in [0.1, 0.15) is 35.2 Å². The lowest BCUT2D eigenvalue weighted by Gasteiger charge is -2.01. The quantitative estimate of drug-likeness (QED) is 0.651. The summed E-state index contributed by atoms with van der Waals surface area (Å²) in [5, 5.41) is 19.7. The highest BCUT2D eigenvalue weighted by molar-refractivity contribution is 6.01. The summed E-state index contributed by atoms with van der Waals surface area (Å²) in [5.41, 5.74) is 0.426. The monoisotopic (exact) mass is 273 g/mol. The number of non-ortho nitro benzene ring substituents is 1. The number of nitro benzene ring substituents is 1. The topological polar surface area (TPSA) is 114 Å². The van der Waals surface area contributed by atoms with Crippen molar-refractivity contribution in [1.29, 1.82) is 0 Å². The SMILES string of the molecule is O=C(Nc1ccc([N+](=O)[O-])cc1)c1n[nH]c(C2CC2)n1. The first-order valence-corrected chi connectivity index (χ1v) is 6.11. The molecule has 1 fully saturated rings. The zero-order chi connectivity index (χ0) is 14.1. The first-order valence-electron chi connectivity index (χ1n) is 6.11. The summed E-state index contributed by atoms with van der Waals surface area (Å²) < 4.78 is 0. The predicted molar refractivity (Wildman–Crippen MR) is 69.4 cm³/mol.